The van der Waals surface area contributed by atoms with Gasteiger partial charge >= 0.3 is 0 Å². The molecule has 2 N–H and O–H groups in total. The lowest BCUT2D eigenvalue weighted by Crippen LogP contribution is -2.27. The molecule has 0 aliphatic rings. The third-order valence-electron chi connectivity index (χ3n) is 2.21. The first-order valence-electron chi connectivity index (χ1n) is 5.55. The number of alkyl halides is 2. The number of hydrogen-bond donors (Lipinski definition) is 2. The van der Waals surface area contributed by atoms with E-state index in [0.29, 0.717) is 5.56 Å². The summed E-state index contributed by atoms with van der Waals surface area (Å²) in [5, 5.41) is 5.52. The lowest BCUT2D eigenvalue weighted by atomic mass is 10.2. The molecule has 1 amide bonds. The Balaban J connectivity index is 2.27. The monoisotopic (exact) mass is 258 g/mol. The first-order chi connectivity index (χ1) is 8.63. The summed E-state index contributed by atoms with van der Waals surface area (Å²) in [5.74, 6) is -0.252. The summed E-state index contributed by atoms with van der Waals surface area (Å²) in [5.41, 5.74) is 1.43. The van der Waals surface area contributed by atoms with E-state index >= 15 is 0 Å². The van der Waals surface area contributed by atoms with E-state index in [1.54, 1.807) is 31.3 Å². The molecule has 4 nitrogen and oxygen atoms in total. The number of anilines is 1. The van der Waals surface area contributed by atoms with Crippen LogP contribution in [0.15, 0.2) is 24.3 Å². The number of benzene rings is 1. The average molecular weight is 258 g/mol. The molecule has 0 aromatic heterocycles. The van der Waals surface area contributed by atoms with Gasteiger partial charge in [-0.25, -0.2) is 8.78 Å². The van der Waals surface area contributed by atoms with Crippen molar-refractivity contribution in [2.45, 2.75) is 6.43 Å². The summed E-state index contributed by atoms with van der Waals surface area (Å²) >= 11 is 0. The van der Waals surface area contributed by atoms with Crippen LogP contribution in [0.4, 0.5) is 14.5 Å². The Bertz CT molecular complexity index is 369. The molecule has 0 bridgehead atoms. The number of carbonyl (C=O) groups is 1. The smallest absolute Gasteiger partial charge is 0.261 e. The van der Waals surface area contributed by atoms with Crippen LogP contribution in [0.25, 0.3) is 0 Å². The number of hydrogen-bond acceptors (Lipinski definition) is 3. The lowest BCUT2D eigenvalue weighted by molar-refractivity contribution is 0.0188. The highest BCUT2D eigenvalue weighted by atomic mass is 19.3. The molecule has 18 heavy (non-hydrogen) atoms. The maximum absolute atomic E-state index is 11.7. The Morgan fingerprint density at radius 1 is 1.33 bits per heavy atom. The fourth-order valence-electron chi connectivity index (χ4n) is 1.30. The van der Waals surface area contributed by atoms with Gasteiger partial charge in [0.05, 0.1) is 6.61 Å². The number of halogens is 2. The van der Waals surface area contributed by atoms with Crippen molar-refractivity contribution in [3.63, 3.8) is 0 Å². The second-order valence-electron chi connectivity index (χ2n) is 3.55. The predicted molar refractivity (Wildman–Crippen MR) is 65.1 cm³/mol. The van der Waals surface area contributed by atoms with Gasteiger partial charge in [-0.05, 0) is 24.3 Å². The standard InChI is InChI=1S/C12H16F2N2O2/c1-15-10-4-2-9(3-5-10)12(17)16-6-7-18-8-11(13)14/h2-5,11,15H,6-8H2,1H3,(H,16,17). The Kier molecular flexibility index (Phi) is 6.07. The maximum Gasteiger partial charge on any atom is 0.261 e. The molecule has 1 rings (SSSR count). The van der Waals surface area contributed by atoms with Crippen molar-refractivity contribution in [3.8, 4) is 0 Å². The zero-order valence-electron chi connectivity index (χ0n) is 10.1. The molecule has 0 fully saturated rings. The summed E-state index contributed by atoms with van der Waals surface area (Å²) < 4.78 is 28.1. The van der Waals surface area contributed by atoms with E-state index in [2.05, 4.69) is 15.4 Å². The fraction of sp³-hybridized carbons (Fsp3) is 0.417. The molecule has 0 atom stereocenters. The minimum absolute atomic E-state index is 0.0741. The van der Waals surface area contributed by atoms with Gasteiger partial charge in [-0.3, -0.25) is 4.79 Å². The minimum Gasteiger partial charge on any atom is -0.388 e. The van der Waals surface area contributed by atoms with Gasteiger partial charge < -0.3 is 15.4 Å². The van der Waals surface area contributed by atoms with E-state index < -0.39 is 13.0 Å². The maximum atomic E-state index is 11.7. The third kappa shape index (κ3) is 5.09. The van der Waals surface area contributed by atoms with Crippen molar-refractivity contribution in [1.29, 1.82) is 0 Å². The number of amides is 1. The molecule has 0 saturated carbocycles. The molecule has 0 unspecified atom stereocenters. The van der Waals surface area contributed by atoms with Gasteiger partial charge in [0.15, 0.2) is 0 Å². The van der Waals surface area contributed by atoms with Crippen LogP contribution < -0.4 is 10.6 Å². The normalized spacial score (nSPS) is 10.4. The van der Waals surface area contributed by atoms with Crippen molar-refractivity contribution >= 4 is 11.6 Å². The Morgan fingerprint density at radius 3 is 2.56 bits per heavy atom. The molecule has 0 heterocycles. The SMILES string of the molecule is CNc1ccc(C(=O)NCCOCC(F)F)cc1. The zero-order chi connectivity index (χ0) is 13.4. The van der Waals surface area contributed by atoms with E-state index in [0.717, 1.165) is 5.69 Å². The number of carbonyl (C=O) groups excluding carboxylic acids is 1. The van der Waals surface area contributed by atoms with Crippen LogP contribution in [0.1, 0.15) is 10.4 Å². The molecule has 1 aromatic carbocycles. The quantitative estimate of drug-likeness (QED) is 0.732. The van der Waals surface area contributed by atoms with Crippen LogP contribution in [0.2, 0.25) is 0 Å². The van der Waals surface area contributed by atoms with E-state index in [-0.39, 0.29) is 19.1 Å². The van der Waals surface area contributed by atoms with Gasteiger partial charge in [-0.15, -0.1) is 0 Å². The first-order valence-corrected chi connectivity index (χ1v) is 5.55. The predicted octanol–water partition coefficient (Wildman–Crippen LogP) is 1.74. The molecule has 100 valence electrons. The molecule has 0 aliphatic carbocycles. The van der Waals surface area contributed by atoms with E-state index in [1.807, 2.05) is 0 Å². The van der Waals surface area contributed by atoms with Gasteiger partial charge in [-0.2, -0.15) is 0 Å². The lowest BCUT2D eigenvalue weighted by Gasteiger charge is -2.07. The van der Waals surface area contributed by atoms with Crippen molar-refractivity contribution in [1.82, 2.24) is 5.32 Å². The second kappa shape index (κ2) is 7.60. The van der Waals surface area contributed by atoms with Gasteiger partial charge in [0.2, 0.25) is 0 Å². The van der Waals surface area contributed by atoms with Crippen LogP contribution >= 0.6 is 0 Å². The fourth-order valence-corrected chi connectivity index (χ4v) is 1.30. The summed E-state index contributed by atoms with van der Waals surface area (Å²) in [6.45, 7) is -0.323. The molecule has 6 heteroatoms. The molecular weight excluding hydrogens is 242 g/mol. The molecule has 0 spiro atoms. The Hall–Kier alpha value is -1.69. The van der Waals surface area contributed by atoms with Crippen molar-refractivity contribution in [2.24, 2.45) is 0 Å². The topological polar surface area (TPSA) is 50.4 Å². The third-order valence-corrected chi connectivity index (χ3v) is 2.21. The molecule has 0 radical (unpaired) electrons. The molecule has 0 saturated heterocycles. The number of rotatable bonds is 7. The van der Waals surface area contributed by atoms with E-state index in [9.17, 15) is 13.6 Å². The summed E-state index contributed by atoms with van der Waals surface area (Å²) in [4.78, 5) is 11.6. The van der Waals surface area contributed by atoms with Gasteiger partial charge in [0.1, 0.15) is 6.61 Å². The highest BCUT2D eigenvalue weighted by molar-refractivity contribution is 5.94. The van der Waals surface area contributed by atoms with Crippen LogP contribution in [-0.2, 0) is 4.74 Å². The minimum atomic E-state index is -2.48. The van der Waals surface area contributed by atoms with Crippen molar-refractivity contribution < 1.29 is 18.3 Å². The van der Waals surface area contributed by atoms with E-state index in [4.69, 9.17) is 0 Å². The second-order valence-corrected chi connectivity index (χ2v) is 3.55. The summed E-state index contributed by atoms with van der Waals surface area (Å²) in [6.07, 6.45) is -2.48. The van der Waals surface area contributed by atoms with Crippen LogP contribution in [0.5, 0.6) is 0 Å². The van der Waals surface area contributed by atoms with Crippen LogP contribution in [-0.4, -0.2) is 39.1 Å². The van der Waals surface area contributed by atoms with Gasteiger partial charge in [0, 0.05) is 24.8 Å². The average Bonchev–Trinajstić information content (AvgIpc) is 2.38. The Labute approximate surface area is 104 Å². The summed E-state index contributed by atoms with van der Waals surface area (Å²) in [6, 6.07) is 6.92. The molecular formula is C12H16F2N2O2. The van der Waals surface area contributed by atoms with Crippen molar-refractivity contribution in [3.05, 3.63) is 29.8 Å². The van der Waals surface area contributed by atoms with Crippen LogP contribution in [0, 0.1) is 0 Å². The van der Waals surface area contributed by atoms with Gasteiger partial charge in [-0.1, -0.05) is 0 Å². The first kappa shape index (κ1) is 14.4. The summed E-state index contributed by atoms with van der Waals surface area (Å²) in [7, 11) is 1.79. The van der Waals surface area contributed by atoms with E-state index in [1.165, 1.54) is 0 Å². The largest absolute Gasteiger partial charge is 0.388 e. The zero-order valence-corrected chi connectivity index (χ0v) is 10.1. The Morgan fingerprint density at radius 2 is 2.00 bits per heavy atom. The number of nitrogens with one attached hydrogen (secondary N) is 2. The van der Waals surface area contributed by atoms with Crippen molar-refractivity contribution in [2.75, 3.05) is 32.1 Å². The highest BCUT2D eigenvalue weighted by Crippen LogP contribution is 2.08. The van der Waals surface area contributed by atoms with Crippen LogP contribution in [0.3, 0.4) is 0 Å². The highest BCUT2D eigenvalue weighted by Gasteiger charge is 2.05. The molecule has 0 aliphatic heterocycles. The van der Waals surface area contributed by atoms with Gasteiger partial charge in [0.25, 0.3) is 12.3 Å². The molecule has 1 aromatic rings. The number of ether oxygens (including phenoxy) is 1.